The summed E-state index contributed by atoms with van der Waals surface area (Å²) in [6.07, 6.45) is 3.20. The summed E-state index contributed by atoms with van der Waals surface area (Å²) in [6.45, 7) is 7.08. The van der Waals surface area contributed by atoms with Crippen molar-refractivity contribution in [1.82, 2.24) is 9.88 Å². The average molecular weight is 280 g/mol. The van der Waals surface area contributed by atoms with Crippen molar-refractivity contribution in [2.45, 2.75) is 43.8 Å². The number of ether oxygens (including phenoxy) is 1. The quantitative estimate of drug-likeness (QED) is 0.774. The third-order valence-electron chi connectivity index (χ3n) is 3.84. The topological polar surface area (TPSA) is 25.4 Å². The molecule has 1 aromatic heterocycles. The Kier molecular flexibility index (Phi) is 5.25. The fraction of sp³-hybridized carbons (Fsp3) is 0.667. The van der Waals surface area contributed by atoms with Gasteiger partial charge in [0.25, 0.3) is 0 Å². The van der Waals surface area contributed by atoms with Gasteiger partial charge in [0.1, 0.15) is 0 Å². The fourth-order valence-electron chi connectivity index (χ4n) is 2.30. The molecule has 1 aliphatic heterocycles. The van der Waals surface area contributed by atoms with Gasteiger partial charge in [0.05, 0.1) is 17.3 Å². The summed E-state index contributed by atoms with van der Waals surface area (Å²) in [6, 6.07) is 4.92. The highest BCUT2D eigenvalue weighted by Crippen LogP contribution is 2.29. The predicted molar refractivity (Wildman–Crippen MR) is 80.8 cm³/mol. The first-order chi connectivity index (χ1) is 9.11. The lowest BCUT2D eigenvalue weighted by atomic mass is 9.96. The summed E-state index contributed by atoms with van der Waals surface area (Å²) in [4.78, 5) is 7.16. The number of pyridine rings is 1. The van der Waals surface area contributed by atoms with Crippen molar-refractivity contribution in [3.05, 3.63) is 23.4 Å². The van der Waals surface area contributed by atoms with Crippen LogP contribution in [0.25, 0.3) is 0 Å². The zero-order valence-corrected chi connectivity index (χ0v) is 13.2. The lowest BCUT2D eigenvalue weighted by molar-refractivity contribution is 0.193. The second-order valence-electron chi connectivity index (χ2n) is 5.46. The van der Waals surface area contributed by atoms with E-state index in [4.69, 9.17) is 9.72 Å². The second kappa shape index (κ2) is 6.73. The molecule has 0 amide bonds. The van der Waals surface area contributed by atoms with Crippen molar-refractivity contribution in [2.24, 2.45) is 0 Å². The Morgan fingerprint density at radius 1 is 1.47 bits per heavy atom. The molecular formula is C15H24N2OS. The number of aromatic nitrogens is 1. The van der Waals surface area contributed by atoms with Crippen molar-refractivity contribution in [3.63, 3.8) is 0 Å². The molecule has 2 heterocycles. The maximum absolute atomic E-state index is 5.53. The minimum atomic E-state index is 0.527. The Morgan fingerprint density at radius 3 is 2.84 bits per heavy atom. The molecule has 1 atom stereocenters. The molecule has 1 aliphatic rings. The van der Waals surface area contributed by atoms with Gasteiger partial charge < -0.3 is 4.74 Å². The van der Waals surface area contributed by atoms with E-state index < -0.39 is 0 Å². The molecule has 2 rings (SSSR count). The molecule has 0 aliphatic carbocycles. The standard InChI is InChI=1S/C15H24N2OS/c1-11(2)17(3)9-14-13(12-7-8-18-10-12)5-6-15(16-14)19-4/h5-6,11-12H,7-10H2,1-4H3/t12-/m1/s1. The van der Waals surface area contributed by atoms with Crippen LogP contribution in [0.5, 0.6) is 0 Å². The lowest BCUT2D eigenvalue weighted by Gasteiger charge is -2.23. The van der Waals surface area contributed by atoms with Crippen LogP contribution in [0, 0.1) is 0 Å². The molecule has 19 heavy (non-hydrogen) atoms. The zero-order chi connectivity index (χ0) is 13.8. The fourth-order valence-corrected chi connectivity index (χ4v) is 2.71. The van der Waals surface area contributed by atoms with E-state index in [1.165, 1.54) is 11.3 Å². The van der Waals surface area contributed by atoms with Crippen LogP contribution >= 0.6 is 11.8 Å². The first-order valence-electron chi connectivity index (χ1n) is 6.93. The van der Waals surface area contributed by atoms with E-state index in [9.17, 15) is 0 Å². The molecule has 0 spiro atoms. The summed E-state index contributed by atoms with van der Waals surface area (Å²) in [5.74, 6) is 0.527. The molecule has 0 radical (unpaired) electrons. The van der Waals surface area contributed by atoms with Crippen LogP contribution in [0.1, 0.15) is 37.4 Å². The number of rotatable bonds is 5. The molecule has 1 saturated heterocycles. The minimum Gasteiger partial charge on any atom is -0.381 e. The van der Waals surface area contributed by atoms with Crippen LogP contribution in [-0.2, 0) is 11.3 Å². The van der Waals surface area contributed by atoms with Crippen molar-refractivity contribution >= 4 is 11.8 Å². The third-order valence-corrected chi connectivity index (χ3v) is 4.49. The van der Waals surface area contributed by atoms with Gasteiger partial charge >= 0.3 is 0 Å². The number of thioether (sulfide) groups is 1. The van der Waals surface area contributed by atoms with Crippen LogP contribution in [0.3, 0.4) is 0 Å². The van der Waals surface area contributed by atoms with Gasteiger partial charge in [0.15, 0.2) is 0 Å². The normalized spacial score (nSPS) is 19.6. The number of nitrogens with zero attached hydrogens (tertiary/aromatic N) is 2. The van der Waals surface area contributed by atoms with E-state index in [1.54, 1.807) is 11.8 Å². The molecule has 1 aromatic rings. The van der Waals surface area contributed by atoms with Crippen LogP contribution in [0.4, 0.5) is 0 Å². The monoisotopic (exact) mass is 280 g/mol. The van der Waals surface area contributed by atoms with Gasteiger partial charge in [0, 0.05) is 25.1 Å². The molecule has 3 nitrogen and oxygen atoms in total. The highest BCUT2D eigenvalue weighted by Gasteiger charge is 2.22. The van der Waals surface area contributed by atoms with E-state index in [-0.39, 0.29) is 0 Å². The molecule has 1 fully saturated rings. The first-order valence-corrected chi connectivity index (χ1v) is 8.16. The predicted octanol–water partition coefficient (Wildman–Crippen LogP) is 3.15. The van der Waals surface area contributed by atoms with Gasteiger partial charge in [0.2, 0.25) is 0 Å². The second-order valence-corrected chi connectivity index (χ2v) is 6.29. The molecule has 106 valence electrons. The van der Waals surface area contributed by atoms with Crippen LogP contribution in [0.2, 0.25) is 0 Å². The van der Waals surface area contributed by atoms with Crippen molar-refractivity contribution in [2.75, 3.05) is 26.5 Å². The Labute approximate surface area is 120 Å². The van der Waals surface area contributed by atoms with Crippen LogP contribution < -0.4 is 0 Å². The summed E-state index contributed by atoms with van der Waals surface area (Å²) < 4.78 is 5.53. The summed E-state index contributed by atoms with van der Waals surface area (Å²) in [7, 11) is 2.16. The maximum atomic E-state index is 5.53. The van der Waals surface area contributed by atoms with Crippen molar-refractivity contribution in [1.29, 1.82) is 0 Å². The summed E-state index contributed by atoms with van der Waals surface area (Å²) in [5, 5.41) is 1.11. The molecule has 0 aromatic carbocycles. The maximum Gasteiger partial charge on any atom is 0.0961 e. The largest absolute Gasteiger partial charge is 0.381 e. The molecular weight excluding hydrogens is 256 g/mol. The van der Waals surface area contributed by atoms with Gasteiger partial charge in [-0.25, -0.2) is 4.98 Å². The third kappa shape index (κ3) is 3.71. The van der Waals surface area contributed by atoms with Crippen LogP contribution in [0.15, 0.2) is 17.2 Å². The van der Waals surface area contributed by atoms with Gasteiger partial charge in [-0.2, -0.15) is 0 Å². The summed E-state index contributed by atoms with van der Waals surface area (Å²) in [5.41, 5.74) is 2.60. The highest BCUT2D eigenvalue weighted by molar-refractivity contribution is 7.98. The molecule has 0 bridgehead atoms. The van der Waals surface area contributed by atoms with E-state index in [1.807, 2.05) is 0 Å². The average Bonchev–Trinajstić information content (AvgIpc) is 2.92. The van der Waals surface area contributed by atoms with Gasteiger partial charge in [-0.3, -0.25) is 4.90 Å². The number of hydrogen-bond acceptors (Lipinski definition) is 4. The highest BCUT2D eigenvalue weighted by atomic mass is 32.2. The Hall–Kier alpha value is -0.580. The smallest absolute Gasteiger partial charge is 0.0961 e. The Balaban J connectivity index is 2.25. The van der Waals surface area contributed by atoms with Crippen molar-refractivity contribution < 1.29 is 4.74 Å². The van der Waals surface area contributed by atoms with E-state index >= 15 is 0 Å². The van der Waals surface area contributed by atoms with Gasteiger partial charge in [-0.05, 0) is 45.2 Å². The zero-order valence-electron chi connectivity index (χ0n) is 12.3. The summed E-state index contributed by atoms with van der Waals surface area (Å²) >= 11 is 1.71. The lowest BCUT2D eigenvalue weighted by Crippen LogP contribution is -2.27. The molecule has 0 unspecified atom stereocenters. The minimum absolute atomic E-state index is 0.527. The first kappa shape index (κ1) is 14.8. The van der Waals surface area contributed by atoms with Gasteiger partial charge in [-0.15, -0.1) is 11.8 Å². The molecule has 0 saturated carbocycles. The molecule has 4 heteroatoms. The Bertz CT molecular complexity index is 417. The van der Waals surface area contributed by atoms with Gasteiger partial charge in [-0.1, -0.05) is 6.07 Å². The Morgan fingerprint density at radius 2 is 2.26 bits per heavy atom. The van der Waals surface area contributed by atoms with Crippen LogP contribution in [-0.4, -0.2) is 42.4 Å². The number of hydrogen-bond donors (Lipinski definition) is 0. The van der Waals surface area contributed by atoms with Crippen molar-refractivity contribution in [3.8, 4) is 0 Å². The van der Waals surface area contributed by atoms with E-state index in [2.05, 4.69) is 44.2 Å². The molecule has 0 N–H and O–H groups in total. The van der Waals surface area contributed by atoms with E-state index in [0.717, 1.165) is 31.2 Å². The van der Waals surface area contributed by atoms with E-state index in [0.29, 0.717) is 12.0 Å². The SMILES string of the molecule is CSc1ccc([C@@H]2CCOC2)c(CN(C)C(C)C)n1.